The van der Waals surface area contributed by atoms with E-state index < -0.39 is 24.1 Å². The molecule has 4 rings (SSSR count). The van der Waals surface area contributed by atoms with E-state index in [1.807, 2.05) is 19.1 Å². The number of anilines is 1. The summed E-state index contributed by atoms with van der Waals surface area (Å²) in [5.74, 6) is -1.55. The molecule has 7 heteroatoms. The molecule has 23 heavy (non-hydrogen) atoms. The van der Waals surface area contributed by atoms with Gasteiger partial charge < -0.3 is 9.47 Å². The molecule has 0 amide bonds. The zero-order chi connectivity index (χ0) is 16.4. The Kier molecular flexibility index (Phi) is 2.98. The van der Waals surface area contributed by atoms with Crippen molar-refractivity contribution in [3.63, 3.8) is 0 Å². The third kappa shape index (κ3) is 2.05. The molecule has 1 aromatic heterocycles. The van der Waals surface area contributed by atoms with E-state index in [9.17, 15) is 18.0 Å². The predicted molar refractivity (Wildman–Crippen MR) is 80.5 cm³/mol. The lowest BCUT2D eigenvalue weighted by atomic mass is 10.2. The highest BCUT2D eigenvalue weighted by Gasteiger charge is 2.69. The maximum atomic E-state index is 13.0. The molecular weight excluding hydrogens is 307 g/mol. The fourth-order valence-corrected chi connectivity index (χ4v) is 3.93. The Morgan fingerprint density at radius 3 is 2.70 bits per heavy atom. The lowest BCUT2D eigenvalue weighted by Crippen LogP contribution is -2.36. The number of rotatable bonds is 2. The van der Waals surface area contributed by atoms with Gasteiger partial charge in [-0.3, -0.25) is 4.79 Å². The van der Waals surface area contributed by atoms with Crippen LogP contribution >= 0.6 is 0 Å². The lowest BCUT2D eigenvalue weighted by Gasteiger charge is -2.23. The molecule has 0 bridgehead atoms. The molecule has 0 N–H and O–H groups in total. The van der Waals surface area contributed by atoms with Crippen LogP contribution in [0.5, 0.6) is 0 Å². The van der Waals surface area contributed by atoms with Gasteiger partial charge in [0.15, 0.2) is 5.82 Å². The maximum Gasteiger partial charge on any atom is 0.394 e. The smallest absolute Gasteiger partial charge is 0.348 e. The zero-order valence-corrected chi connectivity index (χ0v) is 12.5. The number of aryl methyl sites for hydroxylation is 1. The monoisotopic (exact) mass is 323 g/mol. The number of hydrogen-bond acceptors (Lipinski definition) is 3. The van der Waals surface area contributed by atoms with Crippen molar-refractivity contribution in [3.05, 3.63) is 34.6 Å². The fourth-order valence-electron chi connectivity index (χ4n) is 3.93. The second-order valence-electron chi connectivity index (χ2n) is 6.18. The molecule has 1 saturated heterocycles. The largest absolute Gasteiger partial charge is 0.394 e. The van der Waals surface area contributed by atoms with Crippen LogP contribution in [0.15, 0.2) is 29.1 Å². The van der Waals surface area contributed by atoms with Crippen molar-refractivity contribution in [3.8, 4) is 0 Å². The van der Waals surface area contributed by atoms with Crippen LogP contribution in [-0.2, 0) is 6.54 Å². The summed E-state index contributed by atoms with van der Waals surface area (Å²) in [5, 5.41) is 0. The summed E-state index contributed by atoms with van der Waals surface area (Å²) in [6.07, 6.45) is -3.73. The molecule has 2 fully saturated rings. The van der Waals surface area contributed by atoms with Crippen LogP contribution < -0.4 is 10.5 Å². The zero-order valence-electron chi connectivity index (χ0n) is 12.5. The van der Waals surface area contributed by atoms with E-state index >= 15 is 0 Å². The number of aromatic nitrogens is 2. The van der Waals surface area contributed by atoms with Gasteiger partial charge in [0.05, 0.1) is 17.0 Å². The van der Waals surface area contributed by atoms with E-state index in [0.717, 1.165) is 0 Å². The third-order valence-corrected chi connectivity index (χ3v) is 4.99. The van der Waals surface area contributed by atoms with Crippen LogP contribution in [0.4, 0.5) is 19.0 Å². The average Bonchev–Trinajstić information content (AvgIpc) is 3.10. The molecule has 1 saturated carbocycles. The summed E-state index contributed by atoms with van der Waals surface area (Å²) < 4.78 is 40.6. The van der Waals surface area contributed by atoms with Crippen molar-refractivity contribution in [2.24, 2.45) is 11.8 Å². The van der Waals surface area contributed by atoms with Crippen molar-refractivity contribution >= 4 is 16.9 Å². The van der Waals surface area contributed by atoms with Crippen LogP contribution in [0.1, 0.15) is 13.3 Å². The second-order valence-corrected chi connectivity index (χ2v) is 6.18. The number of halogens is 3. The van der Waals surface area contributed by atoms with Gasteiger partial charge in [0.1, 0.15) is 0 Å². The number of hydrogen-bond donors (Lipinski definition) is 0. The third-order valence-electron chi connectivity index (χ3n) is 4.99. The normalized spacial score (nSPS) is 26.6. The van der Waals surface area contributed by atoms with Crippen molar-refractivity contribution in [1.29, 1.82) is 0 Å². The minimum atomic E-state index is -4.20. The minimum absolute atomic E-state index is 0.157. The first-order valence-corrected chi connectivity index (χ1v) is 7.76. The predicted octanol–water partition coefficient (Wildman–Crippen LogP) is 2.80. The van der Waals surface area contributed by atoms with Gasteiger partial charge in [-0.05, 0) is 31.4 Å². The van der Waals surface area contributed by atoms with Gasteiger partial charge in [0.25, 0.3) is 5.56 Å². The summed E-state index contributed by atoms with van der Waals surface area (Å²) in [6, 6.07) is 6.60. The van der Waals surface area contributed by atoms with Crippen LogP contribution in [-0.4, -0.2) is 28.3 Å². The van der Waals surface area contributed by atoms with Crippen LogP contribution in [0, 0.1) is 11.8 Å². The molecule has 2 heterocycles. The molecule has 1 aliphatic carbocycles. The average molecular weight is 323 g/mol. The van der Waals surface area contributed by atoms with Gasteiger partial charge in [-0.1, -0.05) is 12.1 Å². The molecule has 1 aliphatic heterocycles. The van der Waals surface area contributed by atoms with E-state index in [4.69, 9.17) is 0 Å². The molecule has 122 valence electrons. The topological polar surface area (TPSA) is 38.1 Å². The summed E-state index contributed by atoms with van der Waals surface area (Å²) in [5.41, 5.74) is 1.04. The minimum Gasteiger partial charge on any atom is -0.348 e. The van der Waals surface area contributed by atoms with Crippen molar-refractivity contribution < 1.29 is 13.2 Å². The first-order valence-electron chi connectivity index (χ1n) is 7.76. The number of para-hydroxylation sites is 2. The number of alkyl halides is 3. The molecule has 0 spiro atoms. The Labute approximate surface area is 130 Å². The number of benzene rings is 1. The standard InChI is InChI=1S/C16H16F3N3O/c1-2-21-11-6-4-3-5-10(11)20-14(15(21)23)22-8-7-9-12(13(9)22)16(17,18)19/h3-6,9,12-13H,2,7-8H2,1H3/t9-,12+,13+/m1/s1. The highest BCUT2D eigenvalue weighted by molar-refractivity contribution is 5.76. The molecule has 4 nitrogen and oxygen atoms in total. The van der Waals surface area contributed by atoms with Gasteiger partial charge in [-0.2, -0.15) is 13.2 Å². The molecule has 3 atom stereocenters. The van der Waals surface area contributed by atoms with Gasteiger partial charge in [-0.25, -0.2) is 4.98 Å². The summed E-state index contributed by atoms with van der Waals surface area (Å²) in [4.78, 5) is 18.7. The van der Waals surface area contributed by atoms with E-state index in [1.165, 1.54) is 0 Å². The Bertz CT molecular complexity index is 829. The maximum absolute atomic E-state index is 13.0. The molecule has 2 aromatic rings. The fraction of sp³-hybridized carbons (Fsp3) is 0.500. The van der Waals surface area contributed by atoms with Gasteiger partial charge in [-0.15, -0.1) is 0 Å². The first-order chi connectivity index (χ1) is 10.9. The first kappa shape index (κ1) is 14.5. The van der Waals surface area contributed by atoms with E-state index in [-0.39, 0.29) is 11.4 Å². The molecule has 0 radical (unpaired) electrons. The van der Waals surface area contributed by atoms with Gasteiger partial charge in [0, 0.05) is 19.1 Å². The highest BCUT2D eigenvalue weighted by atomic mass is 19.4. The number of piperidine rings is 1. The highest BCUT2D eigenvalue weighted by Crippen LogP contribution is 2.58. The number of nitrogens with zero attached hydrogens (tertiary/aromatic N) is 3. The molecule has 0 unspecified atom stereocenters. The molecule has 2 aliphatic rings. The van der Waals surface area contributed by atoms with Crippen LogP contribution in [0.25, 0.3) is 11.0 Å². The Balaban J connectivity index is 1.81. The van der Waals surface area contributed by atoms with E-state index in [1.54, 1.807) is 21.6 Å². The van der Waals surface area contributed by atoms with Crippen molar-refractivity contribution in [2.45, 2.75) is 32.1 Å². The number of fused-ring (bicyclic) bond motifs is 2. The lowest BCUT2D eigenvalue weighted by molar-refractivity contribution is -0.153. The van der Waals surface area contributed by atoms with Crippen LogP contribution in [0.3, 0.4) is 0 Å². The van der Waals surface area contributed by atoms with Gasteiger partial charge in [0.2, 0.25) is 0 Å². The molecular formula is C16H16F3N3O. The second kappa shape index (κ2) is 4.72. The van der Waals surface area contributed by atoms with E-state index in [0.29, 0.717) is 30.5 Å². The summed E-state index contributed by atoms with van der Waals surface area (Å²) in [7, 11) is 0. The summed E-state index contributed by atoms with van der Waals surface area (Å²) >= 11 is 0. The van der Waals surface area contributed by atoms with Gasteiger partial charge >= 0.3 is 6.18 Å². The Hall–Kier alpha value is -2.05. The Morgan fingerprint density at radius 2 is 2.04 bits per heavy atom. The SMILES string of the molecule is CCn1c(=O)c(N2CC[C@H]3[C@H]2[C@H]3C(F)(F)F)nc2ccccc21. The quantitative estimate of drug-likeness (QED) is 0.853. The van der Waals surface area contributed by atoms with Crippen LogP contribution in [0.2, 0.25) is 0 Å². The van der Waals surface area contributed by atoms with E-state index in [2.05, 4.69) is 4.98 Å². The summed E-state index contributed by atoms with van der Waals surface area (Å²) in [6.45, 7) is 2.77. The van der Waals surface area contributed by atoms with Crippen molar-refractivity contribution in [2.75, 3.05) is 11.4 Å². The molecule has 1 aromatic carbocycles. The Morgan fingerprint density at radius 1 is 1.30 bits per heavy atom. The van der Waals surface area contributed by atoms with Crippen molar-refractivity contribution in [1.82, 2.24) is 9.55 Å².